The summed E-state index contributed by atoms with van der Waals surface area (Å²) in [5, 5.41) is 13.5. The number of halogens is 1. The van der Waals surface area contributed by atoms with Gasteiger partial charge in [-0.05, 0) is 46.1 Å². The summed E-state index contributed by atoms with van der Waals surface area (Å²) in [6.45, 7) is 5.75. The predicted octanol–water partition coefficient (Wildman–Crippen LogP) is 3.58. The average molecular weight is 417 g/mol. The Morgan fingerprint density at radius 2 is 2.10 bits per heavy atom. The normalized spacial score (nSPS) is 21.9. The van der Waals surface area contributed by atoms with E-state index in [1.807, 2.05) is 6.07 Å². The fourth-order valence-corrected chi connectivity index (χ4v) is 3.36. The molecule has 4 rings (SSSR count). The lowest BCUT2D eigenvalue weighted by molar-refractivity contribution is 0.0125. The average Bonchev–Trinajstić information content (AvgIpc) is 3.42. The summed E-state index contributed by atoms with van der Waals surface area (Å²) in [5.74, 6) is 2.18. The number of anilines is 3. The Kier molecular flexibility index (Phi) is 5.48. The third kappa shape index (κ3) is 5.17. The van der Waals surface area contributed by atoms with Crippen LogP contribution in [0.2, 0.25) is 0 Å². The minimum atomic E-state index is -1.25. The maximum absolute atomic E-state index is 14.7. The third-order valence-electron chi connectivity index (χ3n) is 5.03. The quantitative estimate of drug-likeness (QED) is 0.682. The van der Waals surface area contributed by atoms with Crippen LogP contribution in [0.15, 0.2) is 18.3 Å². The molecule has 3 N–H and O–H groups in total. The lowest BCUT2D eigenvalue weighted by Crippen LogP contribution is -2.51. The van der Waals surface area contributed by atoms with Crippen LogP contribution >= 0.6 is 0 Å². The van der Waals surface area contributed by atoms with Gasteiger partial charge in [-0.3, -0.25) is 5.10 Å². The number of hydrogen-bond acceptors (Lipinski definition) is 7. The van der Waals surface area contributed by atoms with Crippen LogP contribution in [0.25, 0.3) is 0 Å². The van der Waals surface area contributed by atoms with Crippen molar-refractivity contribution in [2.75, 3.05) is 23.7 Å². The van der Waals surface area contributed by atoms with Crippen molar-refractivity contribution in [3.63, 3.8) is 0 Å². The zero-order valence-corrected chi connectivity index (χ0v) is 17.5. The highest BCUT2D eigenvalue weighted by Crippen LogP contribution is 2.39. The van der Waals surface area contributed by atoms with Crippen LogP contribution in [0.1, 0.15) is 51.6 Å². The molecule has 0 radical (unpaired) electrons. The largest absolute Gasteiger partial charge is 0.444 e. The van der Waals surface area contributed by atoms with Gasteiger partial charge in [-0.15, -0.1) is 0 Å². The van der Waals surface area contributed by atoms with Gasteiger partial charge in [0, 0.05) is 30.4 Å². The zero-order chi connectivity index (χ0) is 21.3. The van der Waals surface area contributed by atoms with E-state index in [1.165, 1.54) is 17.7 Å². The lowest BCUT2D eigenvalue weighted by Gasteiger charge is -2.35. The molecule has 162 valence electrons. The van der Waals surface area contributed by atoms with E-state index in [4.69, 9.17) is 4.74 Å². The highest BCUT2D eigenvalue weighted by molar-refractivity contribution is 5.68. The van der Waals surface area contributed by atoms with Gasteiger partial charge < -0.3 is 20.3 Å². The number of nitrogens with zero attached hydrogens (tertiary/aromatic N) is 4. The van der Waals surface area contributed by atoms with Gasteiger partial charge in [0.15, 0.2) is 5.82 Å². The Balaban J connectivity index is 1.33. The number of ether oxygens (including phenoxy) is 1. The second kappa shape index (κ2) is 8.08. The number of piperidine rings is 1. The van der Waals surface area contributed by atoms with Gasteiger partial charge >= 0.3 is 6.09 Å². The van der Waals surface area contributed by atoms with Gasteiger partial charge in [0.2, 0.25) is 5.95 Å². The van der Waals surface area contributed by atoms with E-state index in [-0.39, 0.29) is 6.54 Å². The lowest BCUT2D eigenvalue weighted by atomic mass is 10.0. The number of nitrogens with one attached hydrogen (secondary N) is 3. The summed E-state index contributed by atoms with van der Waals surface area (Å²) in [6, 6.07) is 3.23. The van der Waals surface area contributed by atoms with Crippen LogP contribution in [0.4, 0.5) is 26.8 Å². The molecule has 1 saturated carbocycles. The van der Waals surface area contributed by atoms with Gasteiger partial charge in [0.1, 0.15) is 17.6 Å². The van der Waals surface area contributed by atoms with Crippen LogP contribution in [0.5, 0.6) is 0 Å². The van der Waals surface area contributed by atoms with E-state index in [1.54, 1.807) is 33.0 Å². The standard InChI is InChI=1S/C20H28FN7O2/c1-20(2,3)30-19(29)28-9-7-14(13(21)11-28)23-18-22-8-6-16(25-18)24-17-10-15(26-27-17)12-4-5-12/h6,8,10,12-14H,4-5,7,9,11H2,1-3H3,(H3,22,23,24,25,26,27)/t13-,14+/m1/s1. The molecule has 1 amide bonds. The second-order valence-electron chi connectivity index (χ2n) is 8.86. The number of carbonyl (C=O) groups is 1. The van der Waals surface area contributed by atoms with Crippen LogP contribution in [-0.4, -0.2) is 62.1 Å². The minimum absolute atomic E-state index is 0.0261. The van der Waals surface area contributed by atoms with Crippen molar-refractivity contribution in [2.24, 2.45) is 0 Å². The van der Waals surface area contributed by atoms with Crippen LogP contribution < -0.4 is 10.6 Å². The molecular weight excluding hydrogens is 389 g/mol. The monoisotopic (exact) mass is 417 g/mol. The molecule has 0 unspecified atom stereocenters. The molecule has 1 aliphatic carbocycles. The molecule has 9 nitrogen and oxygen atoms in total. The van der Waals surface area contributed by atoms with Crippen LogP contribution in [0, 0.1) is 0 Å². The number of aromatic amines is 1. The molecule has 0 aromatic carbocycles. The van der Waals surface area contributed by atoms with E-state index < -0.39 is 23.9 Å². The van der Waals surface area contributed by atoms with E-state index in [2.05, 4.69) is 30.8 Å². The minimum Gasteiger partial charge on any atom is -0.444 e. The second-order valence-corrected chi connectivity index (χ2v) is 8.86. The predicted molar refractivity (Wildman–Crippen MR) is 111 cm³/mol. The van der Waals surface area contributed by atoms with Crippen molar-refractivity contribution < 1.29 is 13.9 Å². The summed E-state index contributed by atoms with van der Waals surface area (Å²) in [6.07, 6.45) is 2.69. The van der Waals surface area contributed by atoms with Crippen molar-refractivity contribution in [3.8, 4) is 0 Å². The molecule has 2 fully saturated rings. The molecule has 1 saturated heterocycles. The third-order valence-corrected chi connectivity index (χ3v) is 5.03. The molecular formula is C20H28FN7O2. The number of amides is 1. The molecule has 10 heteroatoms. The van der Waals surface area contributed by atoms with Gasteiger partial charge in [0.05, 0.1) is 12.6 Å². The van der Waals surface area contributed by atoms with Gasteiger partial charge in [-0.25, -0.2) is 14.2 Å². The van der Waals surface area contributed by atoms with E-state index >= 15 is 0 Å². The molecule has 0 spiro atoms. The van der Waals surface area contributed by atoms with E-state index in [9.17, 15) is 9.18 Å². The van der Waals surface area contributed by atoms with Crippen molar-refractivity contribution >= 4 is 23.7 Å². The van der Waals surface area contributed by atoms with Crippen molar-refractivity contribution in [1.82, 2.24) is 25.1 Å². The number of alkyl halides is 1. The van der Waals surface area contributed by atoms with Gasteiger partial charge in [-0.2, -0.15) is 10.1 Å². The topological polar surface area (TPSA) is 108 Å². The zero-order valence-electron chi connectivity index (χ0n) is 17.5. The number of H-pyrrole nitrogens is 1. The first-order valence-corrected chi connectivity index (χ1v) is 10.3. The first-order chi connectivity index (χ1) is 14.3. The summed E-state index contributed by atoms with van der Waals surface area (Å²) in [7, 11) is 0. The molecule has 2 aromatic rings. The first-order valence-electron chi connectivity index (χ1n) is 10.3. The van der Waals surface area contributed by atoms with Crippen LogP contribution in [0.3, 0.4) is 0 Å². The summed E-state index contributed by atoms with van der Waals surface area (Å²) in [5.41, 5.74) is 0.523. The summed E-state index contributed by atoms with van der Waals surface area (Å²) >= 11 is 0. The first kappa shape index (κ1) is 20.4. The summed E-state index contributed by atoms with van der Waals surface area (Å²) < 4.78 is 20.0. The maximum Gasteiger partial charge on any atom is 0.410 e. The number of hydrogen-bond donors (Lipinski definition) is 3. The molecule has 3 heterocycles. The Bertz CT molecular complexity index is 893. The van der Waals surface area contributed by atoms with E-state index in [0.717, 1.165) is 5.69 Å². The molecule has 2 aromatic heterocycles. The van der Waals surface area contributed by atoms with Gasteiger partial charge in [-0.1, -0.05) is 0 Å². The summed E-state index contributed by atoms with van der Waals surface area (Å²) in [4.78, 5) is 22.2. The smallest absolute Gasteiger partial charge is 0.410 e. The van der Waals surface area contributed by atoms with Gasteiger partial charge in [0.25, 0.3) is 0 Å². The Labute approximate surface area is 174 Å². The van der Waals surface area contributed by atoms with Crippen molar-refractivity contribution in [3.05, 3.63) is 24.0 Å². The number of likely N-dealkylation sites (tertiary alicyclic amines) is 1. The van der Waals surface area contributed by atoms with Crippen molar-refractivity contribution in [2.45, 2.75) is 63.8 Å². The SMILES string of the molecule is CC(C)(C)OC(=O)N1CC[C@H](Nc2nccc(Nc3cc(C4CC4)[nH]n3)n2)[C@H](F)C1. The fraction of sp³-hybridized carbons (Fsp3) is 0.600. The Hall–Kier alpha value is -2.91. The highest BCUT2D eigenvalue weighted by Gasteiger charge is 2.34. The van der Waals surface area contributed by atoms with Crippen molar-refractivity contribution in [1.29, 1.82) is 0 Å². The molecule has 0 bridgehead atoms. The number of rotatable bonds is 5. The highest BCUT2D eigenvalue weighted by atomic mass is 19.1. The Morgan fingerprint density at radius 3 is 2.80 bits per heavy atom. The molecule has 2 aliphatic rings. The van der Waals surface area contributed by atoms with Crippen LogP contribution in [-0.2, 0) is 4.74 Å². The number of aromatic nitrogens is 4. The van der Waals surface area contributed by atoms with E-state index in [0.29, 0.717) is 36.5 Å². The number of carbonyl (C=O) groups excluding carboxylic acids is 1. The molecule has 1 aliphatic heterocycles. The molecule has 30 heavy (non-hydrogen) atoms. The Morgan fingerprint density at radius 1 is 1.30 bits per heavy atom. The fourth-order valence-electron chi connectivity index (χ4n) is 3.36. The maximum atomic E-state index is 14.7. The molecule has 2 atom stereocenters.